The molecule has 0 spiro atoms. The molecular formula is C17H17BrN4O3. The predicted molar refractivity (Wildman–Crippen MR) is 96.4 cm³/mol. The Morgan fingerprint density at radius 1 is 0.960 bits per heavy atom. The maximum absolute atomic E-state index is 12.3. The van der Waals surface area contributed by atoms with E-state index < -0.39 is 23.9 Å². The first-order valence-electron chi connectivity index (χ1n) is 7.42. The van der Waals surface area contributed by atoms with Crippen LogP contribution in [0.3, 0.4) is 0 Å². The Hall–Kier alpha value is -2.87. The minimum absolute atomic E-state index is 0.237. The van der Waals surface area contributed by atoms with Gasteiger partial charge in [-0.05, 0) is 33.6 Å². The molecule has 0 aromatic heterocycles. The van der Waals surface area contributed by atoms with Gasteiger partial charge in [-0.25, -0.2) is 4.79 Å². The topological polar surface area (TPSA) is 113 Å². The molecule has 0 unspecified atom stereocenters. The number of carbonyl (C=O) groups is 3. The van der Waals surface area contributed by atoms with Gasteiger partial charge in [0.25, 0.3) is 11.8 Å². The lowest BCUT2D eigenvalue weighted by molar-refractivity contribution is -0.123. The van der Waals surface area contributed by atoms with E-state index in [-0.39, 0.29) is 6.42 Å². The van der Waals surface area contributed by atoms with Gasteiger partial charge in [0.2, 0.25) is 0 Å². The third-order valence-electron chi connectivity index (χ3n) is 3.33. The van der Waals surface area contributed by atoms with E-state index in [0.29, 0.717) is 10.0 Å². The Morgan fingerprint density at radius 3 is 2.24 bits per heavy atom. The Labute approximate surface area is 153 Å². The summed E-state index contributed by atoms with van der Waals surface area (Å²) in [6, 6.07) is 14.2. The summed E-state index contributed by atoms with van der Waals surface area (Å²) in [5, 5.41) is 2.37. The molecule has 0 fully saturated rings. The van der Waals surface area contributed by atoms with Crippen molar-refractivity contribution in [2.24, 2.45) is 5.73 Å². The van der Waals surface area contributed by atoms with Gasteiger partial charge < -0.3 is 11.1 Å². The number of nitrogens with two attached hydrogens (primary N) is 1. The van der Waals surface area contributed by atoms with Crippen molar-refractivity contribution in [3.8, 4) is 0 Å². The molecule has 2 rings (SSSR count). The summed E-state index contributed by atoms with van der Waals surface area (Å²) < 4.78 is 0.595. The van der Waals surface area contributed by atoms with Crippen molar-refractivity contribution in [1.29, 1.82) is 0 Å². The van der Waals surface area contributed by atoms with E-state index in [9.17, 15) is 14.4 Å². The van der Waals surface area contributed by atoms with Gasteiger partial charge in [0.05, 0.1) is 5.56 Å². The average Bonchev–Trinajstić information content (AvgIpc) is 2.59. The first-order chi connectivity index (χ1) is 12.0. The quantitative estimate of drug-likeness (QED) is 0.566. The molecule has 130 valence electrons. The SMILES string of the molecule is NC(=O)N[C@@H](Cc1ccccc1)C(=O)NNC(=O)c1ccccc1Br. The van der Waals surface area contributed by atoms with Crippen LogP contribution in [0.25, 0.3) is 0 Å². The lowest BCUT2D eigenvalue weighted by atomic mass is 10.1. The molecule has 5 N–H and O–H groups in total. The molecule has 2 aromatic rings. The van der Waals surface area contributed by atoms with E-state index >= 15 is 0 Å². The molecule has 0 saturated carbocycles. The fraction of sp³-hybridized carbons (Fsp3) is 0.118. The van der Waals surface area contributed by atoms with E-state index in [1.165, 1.54) is 0 Å². The van der Waals surface area contributed by atoms with Gasteiger partial charge >= 0.3 is 6.03 Å². The second kappa shape index (κ2) is 8.84. The van der Waals surface area contributed by atoms with Crippen molar-refractivity contribution in [2.75, 3.05) is 0 Å². The number of urea groups is 1. The van der Waals surface area contributed by atoms with Gasteiger partial charge in [0.1, 0.15) is 6.04 Å². The molecule has 2 aromatic carbocycles. The average molecular weight is 405 g/mol. The third kappa shape index (κ3) is 5.61. The maximum Gasteiger partial charge on any atom is 0.312 e. The largest absolute Gasteiger partial charge is 0.352 e. The molecule has 8 heteroatoms. The van der Waals surface area contributed by atoms with Gasteiger partial charge in [-0.3, -0.25) is 20.4 Å². The normalized spacial score (nSPS) is 11.2. The number of primary amides is 1. The lowest BCUT2D eigenvalue weighted by Gasteiger charge is -2.18. The second-order valence-electron chi connectivity index (χ2n) is 5.17. The summed E-state index contributed by atoms with van der Waals surface area (Å²) >= 11 is 3.26. The van der Waals surface area contributed by atoms with E-state index in [0.717, 1.165) is 5.56 Å². The van der Waals surface area contributed by atoms with Crippen LogP contribution in [0.4, 0.5) is 4.79 Å². The molecule has 0 aliphatic heterocycles. The number of hydrogen-bond donors (Lipinski definition) is 4. The number of halogens is 1. The van der Waals surface area contributed by atoms with Crippen LogP contribution >= 0.6 is 15.9 Å². The summed E-state index contributed by atoms with van der Waals surface area (Å²) in [6.45, 7) is 0. The number of hydrogen-bond acceptors (Lipinski definition) is 3. The van der Waals surface area contributed by atoms with E-state index in [1.807, 2.05) is 30.3 Å². The molecule has 0 radical (unpaired) electrons. The molecule has 7 nitrogen and oxygen atoms in total. The monoisotopic (exact) mass is 404 g/mol. The molecule has 0 aliphatic rings. The van der Waals surface area contributed by atoms with Crippen LogP contribution < -0.4 is 21.9 Å². The van der Waals surface area contributed by atoms with Gasteiger partial charge in [-0.1, -0.05) is 42.5 Å². The fourth-order valence-electron chi connectivity index (χ4n) is 2.15. The highest BCUT2D eigenvalue weighted by Crippen LogP contribution is 2.15. The van der Waals surface area contributed by atoms with Crippen LogP contribution in [0.1, 0.15) is 15.9 Å². The first kappa shape index (κ1) is 18.5. The van der Waals surface area contributed by atoms with Crippen LogP contribution in [0.2, 0.25) is 0 Å². The van der Waals surface area contributed by atoms with Crippen LogP contribution in [0.5, 0.6) is 0 Å². The molecule has 25 heavy (non-hydrogen) atoms. The zero-order valence-corrected chi connectivity index (χ0v) is 14.7. The number of benzene rings is 2. The van der Waals surface area contributed by atoms with Crippen LogP contribution in [-0.4, -0.2) is 23.9 Å². The predicted octanol–water partition coefficient (Wildman–Crippen LogP) is 1.49. The molecule has 1 atom stereocenters. The summed E-state index contributed by atoms with van der Waals surface area (Å²) in [5.74, 6) is -1.07. The Morgan fingerprint density at radius 2 is 1.60 bits per heavy atom. The summed E-state index contributed by atoms with van der Waals surface area (Å²) in [6.07, 6.45) is 0.237. The summed E-state index contributed by atoms with van der Waals surface area (Å²) in [7, 11) is 0. The Bertz CT molecular complexity index is 767. The highest BCUT2D eigenvalue weighted by Gasteiger charge is 2.21. The van der Waals surface area contributed by atoms with E-state index in [1.54, 1.807) is 24.3 Å². The minimum atomic E-state index is -0.917. The smallest absolute Gasteiger partial charge is 0.312 e. The highest BCUT2D eigenvalue weighted by molar-refractivity contribution is 9.10. The standard InChI is InChI=1S/C17H17BrN4O3/c18-13-9-5-4-8-12(13)15(23)21-22-16(24)14(20-17(19)25)10-11-6-2-1-3-7-11/h1-9,14H,10H2,(H,21,23)(H,22,24)(H3,19,20,25)/t14-/m0/s1. The third-order valence-corrected chi connectivity index (χ3v) is 4.02. The highest BCUT2D eigenvalue weighted by atomic mass is 79.9. The lowest BCUT2D eigenvalue weighted by Crippen LogP contribution is -2.54. The van der Waals surface area contributed by atoms with Gasteiger partial charge in [0.15, 0.2) is 0 Å². The number of hydrazine groups is 1. The van der Waals surface area contributed by atoms with Crippen molar-refractivity contribution in [3.63, 3.8) is 0 Å². The van der Waals surface area contributed by atoms with E-state index in [4.69, 9.17) is 5.73 Å². The van der Waals surface area contributed by atoms with Crippen molar-refractivity contribution in [2.45, 2.75) is 12.5 Å². The van der Waals surface area contributed by atoms with Gasteiger partial charge in [0, 0.05) is 10.9 Å². The maximum atomic E-state index is 12.3. The Balaban J connectivity index is 2.00. The van der Waals surface area contributed by atoms with Crippen LogP contribution in [-0.2, 0) is 11.2 Å². The van der Waals surface area contributed by atoms with E-state index in [2.05, 4.69) is 32.1 Å². The zero-order chi connectivity index (χ0) is 18.2. The van der Waals surface area contributed by atoms with Crippen molar-refractivity contribution in [1.82, 2.24) is 16.2 Å². The van der Waals surface area contributed by atoms with Gasteiger partial charge in [-0.15, -0.1) is 0 Å². The summed E-state index contributed by atoms with van der Waals surface area (Å²) in [4.78, 5) is 35.5. The van der Waals surface area contributed by atoms with Crippen LogP contribution in [0, 0.1) is 0 Å². The summed E-state index contributed by atoms with van der Waals surface area (Å²) in [5.41, 5.74) is 11.0. The first-order valence-corrected chi connectivity index (χ1v) is 8.21. The molecule has 4 amide bonds. The minimum Gasteiger partial charge on any atom is -0.352 e. The fourth-order valence-corrected chi connectivity index (χ4v) is 2.61. The number of rotatable bonds is 5. The number of carbonyl (C=O) groups excluding carboxylic acids is 3. The molecule has 0 heterocycles. The van der Waals surface area contributed by atoms with Crippen molar-refractivity contribution in [3.05, 3.63) is 70.2 Å². The second-order valence-corrected chi connectivity index (χ2v) is 6.03. The number of amides is 4. The van der Waals surface area contributed by atoms with Crippen molar-refractivity contribution >= 4 is 33.8 Å². The van der Waals surface area contributed by atoms with Crippen molar-refractivity contribution < 1.29 is 14.4 Å². The molecular weight excluding hydrogens is 388 g/mol. The Kier molecular flexibility index (Phi) is 6.53. The van der Waals surface area contributed by atoms with Crippen LogP contribution in [0.15, 0.2) is 59.1 Å². The molecule has 0 aliphatic carbocycles. The molecule has 0 saturated heterocycles. The van der Waals surface area contributed by atoms with Gasteiger partial charge in [-0.2, -0.15) is 0 Å². The molecule has 0 bridgehead atoms. The number of nitrogens with one attached hydrogen (secondary N) is 3. The zero-order valence-electron chi connectivity index (χ0n) is 13.2.